The molecule has 1 aromatic rings. The molecule has 2 aliphatic heterocycles. The fraction of sp³-hybridized carbons (Fsp3) is 0.625. The van der Waals surface area contributed by atoms with Gasteiger partial charge in [0.05, 0.1) is 23.4 Å². The second-order valence-corrected chi connectivity index (χ2v) is 8.89. The van der Waals surface area contributed by atoms with Crippen LogP contribution in [0.5, 0.6) is 0 Å². The molecule has 1 amide bonds. The van der Waals surface area contributed by atoms with Crippen molar-refractivity contribution in [1.82, 2.24) is 14.8 Å². The lowest BCUT2D eigenvalue weighted by Gasteiger charge is -2.33. The Balaban J connectivity index is 1.65. The number of likely N-dealkylation sites (N-methyl/N-ethyl adjacent to an activating group) is 1. The van der Waals surface area contributed by atoms with E-state index >= 15 is 0 Å². The molecule has 1 unspecified atom stereocenters. The first-order chi connectivity index (χ1) is 11.4. The number of hydrogen-bond donors (Lipinski definition) is 0. The van der Waals surface area contributed by atoms with Crippen LogP contribution < -0.4 is 4.90 Å². The van der Waals surface area contributed by atoms with Crippen molar-refractivity contribution in [2.45, 2.75) is 12.5 Å². The third-order valence-corrected chi connectivity index (χ3v) is 6.66. The van der Waals surface area contributed by atoms with Gasteiger partial charge in [0, 0.05) is 39.3 Å². The third-order valence-electron chi connectivity index (χ3n) is 4.91. The lowest BCUT2D eigenvalue weighted by molar-refractivity contribution is 0.0742. The van der Waals surface area contributed by atoms with Crippen LogP contribution in [0.4, 0.5) is 5.69 Å². The molecule has 1 atom stereocenters. The highest BCUT2D eigenvalue weighted by Crippen LogP contribution is 2.19. The Bertz CT molecular complexity index is 697. The molecule has 24 heavy (non-hydrogen) atoms. The molecule has 0 aliphatic carbocycles. The molecule has 132 valence electrons. The van der Waals surface area contributed by atoms with Gasteiger partial charge in [0.15, 0.2) is 9.84 Å². The van der Waals surface area contributed by atoms with Crippen LogP contribution in [-0.2, 0) is 9.84 Å². The summed E-state index contributed by atoms with van der Waals surface area (Å²) in [6.45, 7) is 3.93. The molecular weight excluding hydrogens is 328 g/mol. The van der Waals surface area contributed by atoms with Gasteiger partial charge in [0.25, 0.3) is 5.91 Å². The van der Waals surface area contributed by atoms with Crippen LogP contribution in [-0.4, -0.2) is 86.9 Å². The summed E-state index contributed by atoms with van der Waals surface area (Å²) >= 11 is 0. The molecule has 1 aromatic heterocycles. The molecule has 2 aliphatic rings. The van der Waals surface area contributed by atoms with E-state index in [1.54, 1.807) is 19.3 Å². The van der Waals surface area contributed by atoms with Crippen LogP contribution in [0.1, 0.15) is 16.9 Å². The van der Waals surface area contributed by atoms with Crippen LogP contribution in [0.15, 0.2) is 18.3 Å². The number of aromatic nitrogens is 1. The minimum absolute atomic E-state index is 0.0502. The Labute approximate surface area is 143 Å². The lowest BCUT2D eigenvalue weighted by atomic mass is 10.2. The zero-order chi connectivity index (χ0) is 17.3. The van der Waals surface area contributed by atoms with Gasteiger partial charge in [0.1, 0.15) is 5.69 Å². The quantitative estimate of drug-likeness (QED) is 0.768. The van der Waals surface area contributed by atoms with E-state index in [1.807, 2.05) is 6.07 Å². The Kier molecular flexibility index (Phi) is 4.78. The van der Waals surface area contributed by atoms with Crippen molar-refractivity contribution in [3.8, 4) is 0 Å². The van der Waals surface area contributed by atoms with Crippen molar-refractivity contribution >= 4 is 21.4 Å². The highest BCUT2D eigenvalue weighted by atomic mass is 32.2. The number of rotatable bonds is 3. The molecule has 8 heteroatoms. The first-order valence-electron chi connectivity index (χ1n) is 8.23. The second-order valence-electron chi connectivity index (χ2n) is 6.66. The molecule has 0 bridgehead atoms. The normalized spacial score (nSPS) is 24.1. The van der Waals surface area contributed by atoms with E-state index in [-0.39, 0.29) is 23.5 Å². The van der Waals surface area contributed by atoms with E-state index in [0.29, 0.717) is 12.1 Å². The molecule has 0 saturated carbocycles. The molecule has 0 spiro atoms. The van der Waals surface area contributed by atoms with Crippen LogP contribution in [0.3, 0.4) is 0 Å². The summed E-state index contributed by atoms with van der Waals surface area (Å²) in [5, 5.41) is 0. The van der Waals surface area contributed by atoms with Crippen LogP contribution in [0.2, 0.25) is 0 Å². The van der Waals surface area contributed by atoms with E-state index in [0.717, 1.165) is 31.9 Å². The van der Waals surface area contributed by atoms with Gasteiger partial charge in [-0.2, -0.15) is 0 Å². The Morgan fingerprint density at radius 2 is 1.96 bits per heavy atom. The zero-order valence-electron chi connectivity index (χ0n) is 14.2. The molecule has 3 rings (SSSR count). The van der Waals surface area contributed by atoms with Crippen molar-refractivity contribution in [1.29, 1.82) is 0 Å². The van der Waals surface area contributed by atoms with E-state index in [9.17, 15) is 13.2 Å². The van der Waals surface area contributed by atoms with Gasteiger partial charge >= 0.3 is 0 Å². The molecule has 7 nitrogen and oxygen atoms in total. The average molecular weight is 352 g/mol. The minimum Gasteiger partial charge on any atom is -0.368 e. The van der Waals surface area contributed by atoms with Gasteiger partial charge in [-0.1, -0.05) is 0 Å². The zero-order valence-corrected chi connectivity index (χ0v) is 15.0. The molecule has 0 N–H and O–H groups in total. The molecule has 0 radical (unpaired) electrons. The fourth-order valence-corrected chi connectivity index (χ4v) is 4.97. The first-order valence-corrected chi connectivity index (χ1v) is 10.0. The summed E-state index contributed by atoms with van der Waals surface area (Å²) in [7, 11) is 0.757. The average Bonchev–Trinajstić information content (AvgIpc) is 2.94. The van der Waals surface area contributed by atoms with Gasteiger partial charge in [-0.15, -0.1) is 0 Å². The van der Waals surface area contributed by atoms with Crippen LogP contribution in [0.25, 0.3) is 0 Å². The SMILES string of the molecule is CN1CCN(c2ccc(C(=O)N(C)C3CCS(=O)(=O)C3)nc2)CC1. The summed E-state index contributed by atoms with van der Waals surface area (Å²) in [6, 6.07) is 3.40. The predicted octanol–water partition coefficient (Wildman–Crippen LogP) is 0.0925. The Morgan fingerprint density at radius 1 is 1.25 bits per heavy atom. The van der Waals surface area contributed by atoms with Crippen molar-refractivity contribution in [3.63, 3.8) is 0 Å². The lowest BCUT2D eigenvalue weighted by Crippen LogP contribution is -2.44. The van der Waals surface area contributed by atoms with Gasteiger partial charge < -0.3 is 14.7 Å². The summed E-state index contributed by atoms with van der Waals surface area (Å²) in [4.78, 5) is 22.9. The largest absolute Gasteiger partial charge is 0.368 e. The smallest absolute Gasteiger partial charge is 0.272 e. The van der Waals surface area contributed by atoms with Gasteiger partial charge in [0.2, 0.25) is 0 Å². The summed E-state index contributed by atoms with van der Waals surface area (Å²) in [5.74, 6) is -0.0123. The number of piperazine rings is 1. The number of hydrogen-bond acceptors (Lipinski definition) is 6. The number of pyridine rings is 1. The highest BCUT2D eigenvalue weighted by molar-refractivity contribution is 7.91. The topological polar surface area (TPSA) is 73.8 Å². The van der Waals surface area contributed by atoms with Gasteiger partial charge in [-0.25, -0.2) is 13.4 Å². The summed E-state index contributed by atoms with van der Waals surface area (Å²) in [6.07, 6.45) is 2.24. The molecule has 0 aromatic carbocycles. The first kappa shape index (κ1) is 17.2. The molecule has 2 saturated heterocycles. The maximum atomic E-state index is 12.5. The van der Waals surface area contributed by atoms with E-state index in [4.69, 9.17) is 0 Å². The van der Waals surface area contributed by atoms with Crippen molar-refractivity contribution in [3.05, 3.63) is 24.0 Å². The Hall–Kier alpha value is -1.67. The maximum absolute atomic E-state index is 12.5. The number of anilines is 1. The standard InChI is InChI=1S/C16H24N4O3S/c1-18-6-8-20(9-7-18)13-3-4-15(17-11-13)16(21)19(2)14-5-10-24(22,23)12-14/h3-4,11,14H,5-10,12H2,1-2H3. The number of sulfone groups is 1. The Morgan fingerprint density at radius 3 is 2.50 bits per heavy atom. The maximum Gasteiger partial charge on any atom is 0.272 e. The van der Waals surface area contributed by atoms with Crippen molar-refractivity contribution in [2.75, 3.05) is 56.7 Å². The highest BCUT2D eigenvalue weighted by Gasteiger charge is 2.33. The number of amides is 1. The predicted molar refractivity (Wildman–Crippen MR) is 93.1 cm³/mol. The van der Waals surface area contributed by atoms with Crippen LogP contribution in [0, 0.1) is 0 Å². The number of carbonyl (C=O) groups excluding carboxylic acids is 1. The van der Waals surface area contributed by atoms with Crippen molar-refractivity contribution in [2.24, 2.45) is 0 Å². The minimum atomic E-state index is -3.01. The fourth-order valence-electron chi connectivity index (χ4n) is 3.19. The number of carbonyl (C=O) groups is 1. The monoisotopic (exact) mass is 352 g/mol. The van der Waals surface area contributed by atoms with Gasteiger partial charge in [-0.3, -0.25) is 4.79 Å². The summed E-state index contributed by atoms with van der Waals surface area (Å²) < 4.78 is 23.2. The van der Waals surface area contributed by atoms with Crippen LogP contribution >= 0.6 is 0 Å². The molecular formula is C16H24N4O3S. The van der Waals surface area contributed by atoms with E-state index in [2.05, 4.69) is 21.8 Å². The summed E-state index contributed by atoms with van der Waals surface area (Å²) in [5.41, 5.74) is 1.38. The second kappa shape index (κ2) is 6.68. The van der Waals surface area contributed by atoms with Gasteiger partial charge in [-0.05, 0) is 25.6 Å². The third kappa shape index (κ3) is 3.70. The van der Waals surface area contributed by atoms with E-state index < -0.39 is 9.84 Å². The number of nitrogens with zero attached hydrogens (tertiary/aromatic N) is 4. The van der Waals surface area contributed by atoms with E-state index in [1.165, 1.54) is 4.90 Å². The van der Waals surface area contributed by atoms with Crippen molar-refractivity contribution < 1.29 is 13.2 Å². The molecule has 3 heterocycles. The molecule has 2 fully saturated rings.